The van der Waals surface area contributed by atoms with Gasteiger partial charge in [0.1, 0.15) is 0 Å². The van der Waals surface area contributed by atoms with Gasteiger partial charge in [0, 0.05) is 27.4 Å². The Bertz CT molecular complexity index is 277. The lowest BCUT2D eigenvalue weighted by Crippen LogP contribution is -2.43. The van der Waals surface area contributed by atoms with Crippen LogP contribution in [0.25, 0.3) is 0 Å². The first kappa shape index (κ1) is 27.1. The van der Waals surface area contributed by atoms with E-state index in [0.717, 1.165) is 19.0 Å². The smallest absolute Gasteiger partial charge is 0.377 e. The quantitative estimate of drug-likeness (QED) is 0.167. The van der Waals surface area contributed by atoms with Crippen LogP contribution in [0.2, 0.25) is 6.04 Å². The third-order valence-corrected chi connectivity index (χ3v) is 8.38. The summed E-state index contributed by atoms with van der Waals surface area (Å²) in [6, 6.07) is 0.903. The maximum Gasteiger partial charge on any atom is 0.500 e. The van der Waals surface area contributed by atoms with Gasteiger partial charge in [-0.05, 0) is 38.9 Å². The number of rotatable bonds is 21. The molecular formula is C22H49NO3Si. The highest BCUT2D eigenvalue weighted by atomic mass is 28.4. The van der Waals surface area contributed by atoms with Crippen LogP contribution >= 0.6 is 0 Å². The fraction of sp³-hybridized carbons (Fsp3) is 1.00. The van der Waals surface area contributed by atoms with Crippen LogP contribution in [0, 0.1) is 0 Å². The van der Waals surface area contributed by atoms with E-state index in [1.807, 2.05) is 0 Å². The van der Waals surface area contributed by atoms with Gasteiger partial charge in [-0.3, -0.25) is 0 Å². The molecular weight excluding hydrogens is 354 g/mol. The van der Waals surface area contributed by atoms with Gasteiger partial charge in [-0.1, -0.05) is 78.1 Å². The number of nitrogens with zero attached hydrogens (tertiary/aromatic N) is 1. The predicted octanol–water partition coefficient (Wildman–Crippen LogP) is 6.28. The van der Waals surface area contributed by atoms with E-state index in [0.29, 0.717) is 0 Å². The molecule has 0 heterocycles. The summed E-state index contributed by atoms with van der Waals surface area (Å²) in [7, 11) is 2.72. The Kier molecular flexibility index (Phi) is 19.4. The van der Waals surface area contributed by atoms with E-state index in [1.165, 1.54) is 90.1 Å². The third-order valence-electron chi connectivity index (χ3n) is 5.55. The van der Waals surface area contributed by atoms with Crippen LogP contribution in [-0.4, -0.2) is 54.7 Å². The molecule has 0 saturated carbocycles. The fourth-order valence-electron chi connectivity index (χ4n) is 3.64. The molecule has 0 bridgehead atoms. The lowest BCUT2D eigenvalue weighted by atomic mass is 10.1. The molecule has 0 aromatic heterocycles. The van der Waals surface area contributed by atoms with E-state index in [1.54, 1.807) is 21.3 Å². The van der Waals surface area contributed by atoms with E-state index in [9.17, 15) is 0 Å². The van der Waals surface area contributed by atoms with Crippen molar-refractivity contribution in [2.75, 3.05) is 41.0 Å². The van der Waals surface area contributed by atoms with Gasteiger partial charge < -0.3 is 18.2 Å². The van der Waals surface area contributed by atoms with Crippen molar-refractivity contribution < 1.29 is 13.3 Å². The largest absolute Gasteiger partial charge is 0.500 e. The Morgan fingerprint density at radius 2 is 0.889 bits per heavy atom. The molecule has 0 fully saturated rings. The molecule has 0 rings (SSSR count). The van der Waals surface area contributed by atoms with Gasteiger partial charge in [0.25, 0.3) is 0 Å². The second-order valence-corrected chi connectivity index (χ2v) is 10.9. The fourth-order valence-corrected chi connectivity index (χ4v) is 5.35. The van der Waals surface area contributed by atoms with Crippen molar-refractivity contribution in [2.45, 2.75) is 103 Å². The average Bonchev–Trinajstić information content (AvgIpc) is 2.70. The second kappa shape index (κ2) is 19.4. The highest BCUT2D eigenvalue weighted by Crippen LogP contribution is 2.16. The summed E-state index contributed by atoms with van der Waals surface area (Å²) >= 11 is 0. The Hall–Kier alpha value is 0.0569. The molecule has 0 aliphatic heterocycles. The Balaban J connectivity index is 4.17. The topological polar surface area (TPSA) is 30.9 Å². The predicted molar refractivity (Wildman–Crippen MR) is 119 cm³/mol. The van der Waals surface area contributed by atoms with Crippen LogP contribution in [-0.2, 0) is 13.3 Å². The minimum absolute atomic E-state index is 0.903. The van der Waals surface area contributed by atoms with Gasteiger partial charge in [-0.15, -0.1) is 0 Å². The van der Waals surface area contributed by atoms with E-state index in [-0.39, 0.29) is 0 Å². The molecule has 0 aromatic carbocycles. The number of unbranched alkanes of at least 4 members (excludes halogenated alkanes) is 10. The van der Waals surface area contributed by atoms with E-state index >= 15 is 0 Å². The molecule has 0 unspecified atom stereocenters. The van der Waals surface area contributed by atoms with Crippen LogP contribution in [0.1, 0.15) is 97.3 Å². The first-order valence-corrected chi connectivity index (χ1v) is 13.5. The summed E-state index contributed by atoms with van der Waals surface area (Å²) in [5.41, 5.74) is 0. The SMILES string of the molecule is CCCCCCCCN(CCCCCCCC)CCC[Si](OC)(OC)OC. The molecule has 4 nitrogen and oxygen atoms in total. The normalized spacial score (nSPS) is 12.2. The van der Waals surface area contributed by atoms with Crippen LogP contribution in [0.4, 0.5) is 0 Å². The molecule has 0 amide bonds. The average molecular weight is 404 g/mol. The summed E-state index contributed by atoms with van der Waals surface area (Å²) in [6.07, 6.45) is 17.5. The van der Waals surface area contributed by atoms with Crippen molar-refractivity contribution in [3.8, 4) is 0 Å². The standard InChI is InChI=1S/C22H49NO3Si/c1-6-8-10-12-14-16-19-23(20-17-15-13-11-9-7-2)21-18-22-27(24-3,25-4)26-5/h6-22H2,1-5H3. The van der Waals surface area contributed by atoms with Crippen LogP contribution in [0.5, 0.6) is 0 Å². The second-order valence-electron chi connectivity index (χ2n) is 7.78. The molecule has 27 heavy (non-hydrogen) atoms. The summed E-state index contributed by atoms with van der Waals surface area (Å²) in [6.45, 7) is 8.18. The van der Waals surface area contributed by atoms with Crippen LogP contribution in [0.15, 0.2) is 0 Å². The number of hydrogen-bond donors (Lipinski definition) is 0. The minimum atomic E-state index is -2.42. The van der Waals surface area contributed by atoms with Gasteiger partial charge in [0.2, 0.25) is 0 Å². The molecule has 0 aliphatic rings. The summed E-state index contributed by atoms with van der Waals surface area (Å²) in [4.78, 5) is 2.67. The minimum Gasteiger partial charge on any atom is -0.377 e. The van der Waals surface area contributed by atoms with Crippen molar-refractivity contribution in [3.05, 3.63) is 0 Å². The highest BCUT2D eigenvalue weighted by Gasteiger charge is 2.36. The van der Waals surface area contributed by atoms with Crippen molar-refractivity contribution in [1.29, 1.82) is 0 Å². The monoisotopic (exact) mass is 403 g/mol. The highest BCUT2D eigenvalue weighted by molar-refractivity contribution is 6.60. The van der Waals surface area contributed by atoms with Gasteiger partial charge in [-0.2, -0.15) is 0 Å². The first-order valence-electron chi connectivity index (χ1n) is 11.6. The van der Waals surface area contributed by atoms with Crippen LogP contribution < -0.4 is 0 Å². The van der Waals surface area contributed by atoms with Crippen LogP contribution in [0.3, 0.4) is 0 Å². The molecule has 0 spiro atoms. The van der Waals surface area contributed by atoms with E-state index in [2.05, 4.69) is 18.7 Å². The first-order chi connectivity index (χ1) is 13.2. The molecule has 5 heteroatoms. The summed E-state index contributed by atoms with van der Waals surface area (Å²) in [5.74, 6) is 0. The van der Waals surface area contributed by atoms with Crippen molar-refractivity contribution in [1.82, 2.24) is 4.90 Å². The maximum atomic E-state index is 5.57. The number of hydrogen-bond acceptors (Lipinski definition) is 4. The maximum absolute atomic E-state index is 5.57. The Labute approximate surface area is 171 Å². The molecule has 0 saturated heterocycles. The van der Waals surface area contributed by atoms with Crippen molar-refractivity contribution >= 4 is 8.80 Å². The zero-order chi connectivity index (χ0) is 20.2. The van der Waals surface area contributed by atoms with Gasteiger partial charge in [0.15, 0.2) is 0 Å². The zero-order valence-electron chi connectivity index (χ0n) is 19.2. The molecule has 0 aromatic rings. The molecule has 0 N–H and O–H groups in total. The Morgan fingerprint density at radius 3 is 1.30 bits per heavy atom. The lowest BCUT2D eigenvalue weighted by Gasteiger charge is -2.27. The molecule has 164 valence electrons. The lowest BCUT2D eigenvalue weighted by molar-refractivity contribution is 0.121. The zero-order valence-corrected chi connectivity index (χ0v) is 20.2. The summed E-state index contributed by atoms with van der Waals surface area (Å²) in [5, 5.41) is 0. The van der Waals surface area contributed by atoms with E-state index in [4.69, 9.17) is 13.3 Å². The third kappa shape index (κ3) is 14.7. The van der Waals surface area contributed by atoms with E-state index < -0.39 is 8.80 Å². The molecule has 0 aliphatic carbocycles. The van der Waals surface area contributed by atoms with Crippen molar-refractivity contribution in [3.63, 3.8) is 0 Å². The molecule has 0 atom stereocenters. The Morgan fingerprint density at radius 1 is 0.519 bits per heavy atom. The van der Waals surface area contributed by atoms with Gasteiger partial charge in [0.05, 0.1) is 0 Å². The van der Waals surface area contributed by atoms with Gasteiger partial charge >= 0.3 is 8.80 Å². The van der Waals surface area contributed by atoms with Gasteiger partial charge in [-0.25, -0.2) is 0 Å². The molecule has 0 radical (unpaired) electrons. The van der Waals surface area contributed by atoms with Crippen molar-refractivity contribution in [2.24, 2.45) is 0 Å². The summed E-state index contributed by atoms with van der Waals surface area (Å²) < 4.78 is 16.7.